The molecule has 2 atom stereocenters. The third-order valence-electron chi connectivity index (χ3n) is 6.38. The number of hydrazone groups is 1. The lowest BCUT2D eigenvalue weighted by Crippen LogP contribution is -2.35. The minimum absolute atomic E-state index is 0.0593. The summed E-state index contributed by atoms with van der Waals surface area (Å²) in [7, 11) is 0. The topological polar surface area (TPSA) is 79.8 Å². The smallest absolute Gasteiger partial charge is 0.277 e. The second-order valence-corrected chi connectivity index (χ2v) is 8.05. The largest absolute Gasteiger partial charge is 0.482 e. The van der Waals surface area contributed by atoms with E-state index >= 15 is 0 Å². The van der Waals surface area contributed by atoms with Crippen LogP contribution in [0.2, 0.25) is 0 Å². The first kappa shape index (κ1) is 18.4. The molecule has 6 heteroatoms. The van der Waals surface area contributed by atoms with Gasteiger partial charge in [-0.25, -0.2) is 5.43 Å². The van der Waals surface area contributed by atoms with Crippen molar-refractivity contribution in [3.63, 3.8) is 0 Å². The molecule has 26 heavy (non-hydrogen) atoms. The van der Waals surface area contributed by atoms with Gasteiger partial charge in [0.15, 0.2) is 6.61 Å². The van der Waals surface area contributed by atoms with E-state index in [1.54, 1.807) is 24.3 Å². The van der Waals surface area contributed by atoms with Crippen LogP contribution < -0.4 is 15.5 Å². The van der Waals surface area contributed by atoms with Crippen LogP contribution in [-0.4, -0.2) is 24.1 Å². The first-order valence-corrected chi connectivity index (χ1v) is 9.09. The van der Waals surface area contributed by atoms with E-state index in [4.69, 9.17) is 4.74 Å². The van der Waals surface area contributed by atoms with E-state index in [2.05, 4.69) is 36.6 Å². The number of hydrogen-bond donors (Lipinski definition) is 2. The number of anilines is 1. The summed E-state index contributed by atoms with van der Waals surface area (Å²) in [4.78, 5) is 23.4. The van der Waals surface area contributed by atoms with Gasteiger partial charge >= 0.3 is 0 Å². The fourth-order valence-corrected chi connectivity index (χ4v) is 4.29. The Balaban J connectivity index is 1.59. The molecule has 0 saturated heterocycles. The van der Waals surface area contributed by atoms with Crippen molar-refractivity contribution in [2.24, 2.45) is 21.8 Å². The normalized spacial score (nSPS) is 27.4. The van der Waals surface area contributed by atoms with Crippen molar-refractivity contribution in [1.82, 2.24) is 5.43 Å². The molecule has 0 spiro atoms. The van der Waals surface area contributed by atoms with E-state index in [1.165, 1.54) is 13.3 Å². The van der Waals surface area contributed by atoms with Crippen molar-refractivity contribution in [2.45, 2.75) is 47.0 Å². The Bertz CT molecular complexity index is 756. The Labute approximate surface area is 154 Å². The van der Waals surface area contributed by atoms with Crippen LogP contribution in [0.1, 0.15) is 47.0 Å². The Morgan fingerprint density at radius 3 is 2.62 bits per heavy atom. The summed E-state index contributed by atoms with van der Waals surface area (Å²) in [6, 6.07) is 7.02. The number of amides is 2. The minimum atomic E-state index is -0.306. The number of carbonyl (C=O) groups excluding carboxylic acids is 2. The highest BCUT2D eigenvalue weighted by atomic mass is 16.5. The van der Waals surface area contributed by atoms with E-state index in [-0.39, 0.29) is 29.3 Å². The van der Waals surface area contributed by atoms with Gasteiger partial charge in [0.1, 0.15) is 5.75 Å². The van der Waals surface area contributed by atoms with E-state index in [0.29, 0.717) is 17.4 Å². The number of carbonyl (C=O) groups is 2. The highest BCUT2D eigenvalue weighted by Crippen LogP contribution is 2.63. The predicted molar refractivity (Wildman–Crippen MR) is 101 cm³/mol. The molecule has 2 unspecified atom stereocenters. The van der Waals surface area contributed by atoms with Crippen LogP contribution in [0.3, 0.4) is 0 Å². The summed E-state index contributed by atoms with van der Waals surface area (Å²) in [5, 5.41) is 7.11. The highest BCUT2D eigenvalue weighted by molar-refractivity contribution is 5.95. The van der Waals surface area contributed by atoms with Crippen LogP contribution in [0.15, 0.2) is 29.4 Å². The van der Waals surface area contributed by atoms with Crippen molar-refractivity contribution in [2.75, 3.05) is 11.9 Å². The van der Waals surface area contributed by atoms with Crippen LogP contribution in [0.25, 0.3) is 0 Å². The Hall–Kier alpha value is -2.37. The van der Waals surface area contributed by atoms with Crippen molar-refractivity contribution in [1.29, 1.82) is 0 Å². The maximum absolute atomic E-state index is 12.1. The zero-order valence-corrected chi connectivity index (χ0v) is 15.9. The highest BCUT2D eigenvalue weighted by Gasteiger charge is 2.59. The number of ether oxygens (including phenoxy) is 1. The molecule has 3 rings (SSSR count). The van der Waals surface area contributed by atoms with Gasteiger partial charge in [0.05, 0.1) is 5.69 Å². The number of benzene rings is 1. The average Bonchev–Trinajstić information content (AvgIpc) is 2.92. The molecule has 2 N–H and O–H groups in total. The maximum Gasteiger partial charge on any atom is 0.277 e. The minimum Gasteiger partial charge on any atom is -0.482 e. The molecular formula is C20H27N3O3. The van der Waals surface area contributed by atoms with E-state index in [1.807, 2.05) is 0 Å². The summed E-state index contributed by atoms with van der Waals surface area (Å²) >= 11 is 0. The molecule has 2 aliphatic carbocycles. The molecule has 6 nitrogen and oxygen atoms in total. The second-order valence-electron chi connectivity index (χ2n) is 8.05. The molecule has 2 fully saturated rings. The molecule has 2 aliphatic rings. The third-order valence-corrected chi connectivity index (χ3v) is 6.38. The standard InChI is InChI=1S/C20H27N3O3/c1-13(24)21-15-7-5-6-8-16(15)26-12-18(25)23-22-17-11-14-9-10-20(17,4)19(14,2)3/h5-8,14H,9-12H2,1-4H3,(H,21,24)(H,23,25)/b22-17+. The van der Waals surface area contributed by atoms with Gasteiger partial charge in [0, 0.05) is 18.1 Å². The second kappa shape index (κ2) is 6.74. The van der Waals surface area contributed by atoms with Gasteiger partial charge in [-0.1, -0.05) is 32.9 Å². The van der Waals surface area contributed by atoms with Crippen molar-refractivity contribution in [3.8, 4) is 5.75 Å². The summed E-state index contributed by atoms with van der Waals surface area (Å²) in [6.07, 6.45) is 3.31. The number of nitrogens with zero attached hydrogens (tertiary/aromatic N) is 1. The summed E-state index contributed by atoms with van der Waals surface area (Å²) in [6.45, 7) is 8.13. The van der Waals surface area contributed by atoms with Gasteiger partial charge in [0.2, 0.25) is 5.91 Å². The van der Waals surface area contributed by atoms with Crippen LogP contribution in [0.4, 0.5) is 5.69 Å². The molecule has 2 bridgehead atoms. The predicted octanol–water partition coefficient (Wildman–Crippen LogP) is 3.34. The van der Waals surface area contributed by atoms with Gasteiger partial charge < -0.3 is 10.1 Å². The molecule has 0 heterocycles. The SMILES string of the molecule is CC(=O)Nc1ccccc1OCC(=O)N/N=C1\CC2CCC1(C)C2(C)C. The van der Waals surface area contributed by atoms with Crippen LogP contribution in [-0.2, 0) is 9.59 Å². The molecule has 1 aromatic rings. The van der Waals surface area contributed by atoms with Crippen molar-refractivity contribution in [3.05, 3.63) is 24.3 Å². The summed E-state index contributed by atoms with van der Waals surface area (Å²) in [5.74, 6) is 0.603. The van der Waals surface area contributed by atoms with Crippen LogP contribution in [0, 0.1) is 16.7 Å². The first-order chi connectivity index (χ1) is 12.2. The Morgan fingerprint density at radius 2 is 2.00 bits per heavy atom. The number of para-hydroxylation sites is 2. The molecule has 2 amide bonds. The van der Waals surface area contributed by atoms with E-state index < -0.39 is 0 Å². The first-order valence-electron chi connectivity index (χ1n) is 9.09. The fraction of sp³-hybridized carbons (Fsp3) is 0.550. The Kier molecular flexibility index (Phi) is 4.78. The zero-order chi connectivity index (χ0) is 18.9. The molecule has 0 aliphatic heterocycles. The number of hydrogen-bond acceptors (Lipinski definition) is 4. The van der Waals surface area contributed by atoms with Gasteiger partial charge in [0.25, 0.3) is 5.91 Å². The summed E-state index contributed by atoms with van der Waals surface area (Å²) < 4.78 is 5.55. The molecule has 2 saturated carbocycles. The third kappa shape index (κ3) is 3.20. The zero-order valence-electron chi connectivity index (χ0n) is 15.9. The lowest BCUT2D eigenvalue weighted by molar-refractivity contribution is -0.123. The average molecular weight is 357 g/mol. The van der Waals surface area contributed by atoms with E-state index in [0.717, 1.165) is 18.6 Å². The van der Waals surface area contributed by atoms with E-state index in [9.17, 15) is 9.59 Å². The summed E-state index contributed by atoms with van der Waals surface area (Å²) in [5.41, 5.74) is 4.56. The molecule has 0 radical (unpaired) electrons. The van der Waals surface area contributed by atoms with Crippen molar-refractivity contribution >= 4 is 23.2 Å². The number of nitrogens with one attached hydrogen (secondary N) is 2. The van der Waals surface area contributed by atoms with Crippen LogP contribution in [0.5, 0.6) is 5.75 Å². The quantitative estimate of drug-likeness (QED) is 0.793. The van der Waals surface area contributed by atoms with Gasteiger partial charge in [-0.15, -0.1) is 0 Å². The van der Waals surface area contributed by atoms with Gasteiger partial charge in [-0.05, 0) is 42.7 Å². The molecule has 140 valence electrons. The maximum atomic E-state index is 12.1. The van der Waals surface area contributed by atoms with Crippen LogP contribution >= 0.6 is 0 Å². The number of rotatable bonds is 5. The lowest BCUT2D eigenvalue weighted by atomic mass is 9.70. The molecule has 1 aromatic carbocycles. The van der Waals surface area contributed by atoms with Crippen molar-refractivity contribution < 1.29 is 14.3 Å². The number of fused-ring (bicyclic) bond motifs is 2. The van der Waals surface area contributed by atoms with Gasteiger partial charge in [-0.3, -0.25) is 9.59 Å². The van der Waals surface area contributed by atoms with Gasteiger partial charge in [-0.2, -0.15) is 5.10 Å². The fourth-order valence-electron chi connectivity index (χ4n) is 4.29. The Morgan fingerprint density at radius 1 is 1.27 bits per heavy atom. The monoisotopic (exact) mass is 357 g/mol. The molecule has 0 aromatic heterocycles. The molecular weight excluding hydrogens is 330 g/mol. The lowest BCUT2D eigenvalue weighted by Gasteiger charge is -2.34.